The first kappa shape index (κ1) is 13.4. The molecule has 4 aromatic rings. The van der Waals surface area contributed by atoms with Gasteiger partial charge < -0.3 is 4.74 Å². The fourth-order valence-electron chi connectivity index (χ4n) is 2.42. The van der Waals surface area contributed by atoms with E-state index in [4.69, 9.17) is 4.74 Å². The summed E-state index contributed by atoms with van der Waals surface area (Å²) in [5, 5.41) is 4.44. The van der Waals surface area contributed by atoms with Crippen molar-refractivity contribution in [3.63, 3.8) is 0 Å². The molecule has 0 bridgehead atoms. The minimum Gasteiger partial charge on any atom is -0.420 e. The zero-order valence-corrected chi connectivity index (χ0v) is 12.3. The van der Waals surface area contributed by atoms with Gasteiger partial charge in [-0.15, -0.1) is 0 Å². The highest BCUT2D eigenvalue weighted by Gasteiger charge is 2.17. The van der Waals surface area contributed by atoms with Crippen LogP contribution in [0.5, 0.6) is 11.8 Å². The molecule has 0 atom stereocenters. The Morgan fingerprint density at radius 2 is 1.43 bits per heavy atom. The van der Waals surface area contributed by atoms with Gasteiger partial charge in [-0.3, -0.25) is 0 Å². The molecule has 0 amide bonds. The van der Waals surface area contributed by atoms with Crippen LogP contribution >= 0.6 is 0 Å². The number of fused-ring (bicyclic) bond motifs is 1. The maximum Gasteiger partial charge on any atom is 0.385 e. The second-order valence-corrected chi connectivity index (χ2v) is 5.05. The summed E-state index contributed by atoms with van der Waals surface area (Å²) in [5.41, 5.74) is 2.79. The topological polar surface area (TPSA) is 39.1 Å². The maximum absolute atomic E-state index is 5.81. The van der Waals surface area contributed by atoms with Crippen LogP contribution in [0.15, 0.2) is 85.1 Å². The highest BCUT2D eigenvalue weighted by molar-refractivity contribution is 5.73. The third kappa shape index (κ3) is 2.74. The van der Waals surface area contributed by atoms with E-state index >= 15 is 0 Å². The zero-order chi connectivity index (χ0) is 15.5. The third-order valence-electron chi connectivity index (χ3n) is 3.48. The first-order valence-corrected chi connectivity index (χ1v) is 7.37. The van der Waals surface area contributed by atoms with Gasteiger partial charge in [0.15, 0.2) is 5.69 Å². The average Bonchev–Trinajstić information content (AvgIpc) is 2.63. The predicted molar refractivity (Wildman–Crippen MR) is 87.1 cm³/mol. The van der Waals surface area contributed by atoms with Crippen LogP contribution < -0.4 is 9.25 Å². The van der Waals surface area contributed by atoms with E-state index in [0.717, 1.165) is 16.8 Å². The fourth-order valence-corrected chi connectivity index (χ4v) is 2.42. The van der Waals surface area contributed by atoms with Gasteiger partial charge in [0.1, 0.15) is 5.75 Å². The number of hydrogen-bond donors (Lipinski definition) is 0. The molecule has 0 unspecified atom stereocenters. The van der Waals surface area contributed by atoms with Crippen LogP contribution in [0.3, 0.4) is 0 Å². The van der Waals surface area contributed by atoms with E-state index in [0.29, 0.717) is 11.8 Å². The zero-order valence-electron chi connectivity index (χ0n) is 12.3. The van der Waals surface area contributed by atoms with E-state index in [1.165, 1.54) is 0 Å². The second-order valence-electron chi connectivity index (χ2n) is 5.05. The summed E-state index contributed by atoms with van der Waals surface area (Å²) in [4.78, 5) is 4.61. The van der Waals surface area contributed by atoms with Crippen LogP contribution in [0.25, 0.3) is 16.8 Å². The number of aromatic nitrogens is 3. The molecule has 0 radical (unpaired) electrons. The lowest BCUT2D eigenvalue weighted by Gasteiger charge is -2.04. The number of benzene rings is 2. The highest BCUT2D eigenvalue weighted by atomic mass is 16.5. The van der Waals surface area contributed by atoms with Crippen molar-refractivity contribution < 1.29 is 9.25 Å². The summed E-state index contributed by atoms with van der Waals surface area (Å²) in [7, 11) is 0. The lowest BCUT2D eigenvalue weighted by atomic mass is 10.1. The third-order valence-corrected chi connectivity index (χ3v) is 3.48. The Hall–Kier alpha value is -3.27. The lowest BCUT2D eigenvalue weighted by molar-refractivity contribution is -0.581. The van der Waals surface area contributed by atoms with Crippen LogP contribution in [0, 0.1) is 0 Å². The van der Waals surface area contributed by atoms with Gasteiger partial charge in [-0.25, -0.2) is 0 Å². The monoisotopic (exact) mass is 300 g/mol. The number of pyridine rings is 1. The fraction of sp³-hybridized carbons (Fsp3) is 0. The number of hydrogen-bond acceptors (Lipinski definition) is 3. The van der Waals surface area contributed by atoms with E-state index in [1.54, 1.807) is 4.52 Å². The normalized spacial score (nSPS) is 10.6. The summed E-state index contributed by atoms with van der Waals surface area (Å²) in [6, 6.07) is 25.8. The summed E-state index contributed by atoms with van der Waals surface area (Å²) in [5.74, 6) is 0.711. The molecule has 23 heavy (non-hydrogen) atoms. The van der Waals surface area contributed by atoms with E-state index in [1.807, 2.05) is 85.1 Å². The number of para-hydroxylation sites is 1. The molecule has 0 aliphatic heterocycles. The van der Waals surface area contributed by atoms with Gasteiger partial charge in [0.05, 0.1) is 5.10 Å². The lowest BCUT2D eigenvalue weighted by Crippen LogP contribution is -2.27. The molecule has 2 heterocycles. The van der Waals surface area contributed by atoms with Gasteiger partial charge in [-0.1, -0.05) is 48.5 Å². The van der Waals surface area contributed by atoms with E-state index in [9.17, 15) is 0 Å². The molecule has 0 aliphatic carbocycles. The van der Waals surface area contributed by atoms with Crippen molar-refractivity contribution in [2.24, 2.45) is 0 Å². The van der Waals surface area contributed by atoms with Gasteiger partial charge in [0.2, 0.25) is 6.20 Å². The summed E-state index contributed by atoms with van der Waals surface area (Å²) in [6.07, 6.45) is 1.89. The van der Waals surface area contributed by atoms with Crippen LogP contribution in [0.4, 0.5) is 0 Å². The first-order valence-electron chi connectivity index (χ1n) is 7.37. The Kier molecular flexibility index (Phi) is 3.41. The van der Waals surface area contributed by atoms with Crippen LogP contribution in [0.2, 0.25) is 0 Å². The van der Waals surface area contributed by atoms with Crippen LogP contribution in [-0.2, 0) is 0 Å². The Balaban J connectivity index is 1.87. The number of rotatable bonds is 3. The SMILES string of the molecule is c1ccc(Oc2nc(-c3ccccc3)c3cccc[n+]3n2)cc1. The standard InChI is InChI=1S/C19H14N3O/c1-3-9-15(10-4-1)18-17-13-7-8-14-22(17)21-19(20-18)23-16-11-5-2-6-12-16/h1-14H/q+1. The molecule has 110 valence electrons. The van der Waals surface area contributed by atoms with E-state index in [-0.39, 0.29) is 0 Å². The van der Waals surface area contributed by atoms with Crippen molar-refractivity contribution >= 4 is 5.52 Å². The molecule has 0 fully saturated rings. The van der Waals surface area contributed by atoms with Crippen LogP contribution in [0.1, 0.15) is 0 Å². The molecular formula is C19H14N3O+. The van der Waals surface area contributed by atoms with Gasteiger partial charge in [-0.05, 0) is 22.7 Å². The highest BCUT2D eigenvalue weighted by Crippen LogP contribution is 2.23. The minimum atomic E-state index is 0.318. The Morgan fingerprint density at radius 3 is 2.22 bits per heavy atom. The second kappa shape index (κ2) is 5.85. The van der Waals surface area contributed by atoms with Gasteiger partial charge in [0, 0.05) is 17.7 Å². The van der Waals surface area contributed by atoms with Crippen molar-refractivity contribution in [3.8, 4) is 23.0 Å². The maximum atomic E-state index is 5.81. The molecule has 4 nitrogen and oxygen atoms in total. The van der Waals surface area contributed by atoms with Crippen molar-refractivity contribution in [1.29, 1.82) is 0 Å². The molecular weight excluding hydrogens is 286 g/mol. The molecule has 4 heteroatoms. The van der Waals surface area contributed by atoms with Crippen LogP contribution in [-0.4, -0.2) is 10.1 Å². The Morgan fingerprint density at radius 1 is 0.739 bits per heavy atom. The quantitative estimate of drug-likeness (QED) is 0.542. The van der Waals surface area contributed by atoms with Gasteiger partial charge >= 0.3 is 6.01 Å². The Bertz CT molecular complexity index is 940. The van der Waals surface area contributed by atoms with Crippen molar-refractivity contribution in [3.05, 3.63) is 85.1 Å². The molecule has 0 N–H and O–H groups in total. The van der Waals surface area contributed by atoms with Gasteiger partial charge in [0.25, 0.3) is 5.52 Å². The van der Waals surface area contributed by atoms with Crippen molar-refractivity contribution in [1.82, 2.24) is 10.1 Å². The van der Waals surface area contributed by atoms with Gasteiger partial charge in [-0.2, -0.15) is 4.98 Å². The first-order chi connectivity index (χ1) is 11.4. The largest absolute Gasteiger partial charge is 0.420 e. The molecule has 0 saturated carbocycles. The summed E-state index contributed by atoms with van der Waals surface area (Å²) < 4.78 is 7.59. The van der Waals surface area contributed by atoms with Crippen molar-refractivity contribution in [2.45, 2.75) is 0 Å². The summed E-state index contributed by atoms with van der Waals surface area (Å²) >= 11 is 0. The smallest absolute Gasteiger partial charge is 0.385 e. The minimum absolute atomic E-state index is 0.318. The number of nitrogens with zero attached hydrogens (tertiary/aromatic N) is 3. The van der Waals surface area contributed by atoms with E-state index in [2.05, 4.69) is 10.1 Å². The molecule has 2 aromatic heterocycles. The van der Waals surface area contributed by atoms with E-state index < -0.39 is 0 Å². The molecule has 0 saturated heterocycles. The Labute approximate surface area is 133 Å². The van der Waals surface area contributed by atoms with Crippen molar-refractivity contribution in [2.75, 3.05) is 0 Å². The number of ether oxygens (including phenoxy) is 1. The predicted octanol–water partition coefficient (Wildman–Crippen LogP) is 3.67. The molecule has 2 aromatic carbocycles. The molecule has 4 rings (SSSR count). The molecule has 0 spiro atoms. The molecule has 0 aliphatic rings. The summed E-state index contributed by atoms with van der Waals surface area (Å²) in [6.45, 7) is 0. The average molecular weight is 300 g/mol.